The van der Waals surface area contributed by atoms with Crippen LogP contribution in [-0.2, 0) is 19.0 Å². The first-order valence-electron chi connectivity index (χ1n) is 16.8. The van der Waals surface area contributed by atoms with E-state index in [4.69, 9.17) is 9.16 Å². The number of ether oxygens (including phenoxy) is 1. The van der Waals surface area contributed by atoms with Gasteiger partial charge in [0.2, 0.25) is 0 Å². The highest BCUT2D eigenvalue weighted by Gasteiger charge is 2.52. The molecular formula is C40H46O5SSi. The zero-order valence-electron chi connectivity index (χ0n) is 27.9. The van der Waals surface area contributed by atoms with E-state index in [2.05, 4.69) is 82.3 Å². The number of benzene rings is 4. The number of phenolic OH excluding ortho intramolecular Hbond substituents is 1. The molecule has 47 heavy (non-hydrogen) atoms. The zero-order valence-corrected chi connectivity index (χ0v) is 29.7. The molecule has 0 aromatic heterocycles. The quantitative estimate of drug-likeness (QED) is 0.132. The van der Waals surface area contributed by atoms with E-state index in [1.54, 1.807) is 6.07 Å². The average molecular weight is 667 g/mol. The fraction of sp³-hybridized carbons (Fsp3) is 0.350. The van der Waals surface area contributed by atoms with Gasteiger partial charge in [-0.15, -0.1) is 0 Å². The predicted octanol–water partition coefficient (Wildman–Crippen LogP) is 7.58. The maximum absolute atomic E-state index is 13.5. The summed E-state index contributed by atoms with van der Waals surface area (Å²) < 4.78 is 40.5. The molecule has 0 spiro atoms. The molecule has 0 unspecified atom stereocenters. The summed E-state index contributed by atoms with van der Waals surface area (Å²) in [7, 11) is -6.21. The summed E-state index contributed by atoms with van der Waals surface area (Å²) in [6.45, 7) is 9.38. The Balaban J connectivity index is 1.31. The van der Waals surface area contributed by atoms with Gasteiger partial charge in [-0.1, -0.05) is 137 Å². The third-order valence-electron chi connectivity index (χ3n) is 9.83. The first kappa shape index (κ1) is 33.4. The normalized spacial score (nSPS) is 19.8. The lowest BCUT2D eigenvalue weighted by atomic mass is 9.94. The van der Waals surface area contributed by atoms with Crippen molar-refractivity contribution in [3.8, 4) is 5.75 Å². The topological polar surface area (TPSA) is 72.8 Å². The smallest absolute Gasteiger partial charge is 0.261 e. The summed E-state index contributed by atoms with van der Waals surface area (Å²) in [5.74, 6) is 0.310. The van der Waals surface area contributed by atoms with Crippen LogP contribution in [0.2, 0.25) is 5.04 Å². The van der Waals surface area contributed by atoms with E-state index in [0.717, 1.165) is 46.7 Å². The number of allylic oxidation sites excluding steroid dienone is 1. The van der Waals surface area contributed by atoms with Crippen molar-refractivity contribution in [2.75, 3.05) is 19.0 Å². The van der Waals surface area contributed by atoms with E-state index in [0.29, 0.717) is 6.42 Å². The Hall–Kier alpha value is -3.49. The highest BCUT2D eigenvalue weighted by Crippen LogP contribution is 2.42. The van der Waals surface area contributed by atoms with Crippen molar-refractivity contribution in [1.82, 2.24) is 0 Å². The van der Waals surface area contributed by atoms with Crippen LogP contribution in [-0.4, -0.2) is 52.2 Å². The molecule has 0 aliphatic carbocycles. The second-order valence-corrected chi connectivity index (χ2v) is 20.4. The number of aromatic hydroxyl groups is 1. The number of hydrogen-bond donors (Lipinski definition) is 1. The Kier molecular flexibility index (Phi) is 9.63. The summed E-state index contributed by atoms with van der Waals surface area (Å²) in [5.41, 5.74) is 4.17. The van der Waals surface area contributed by atoms with Gasteiger partial charge in [0.15, 0.2) is 9.84 Å². The van der Waals surface area contributed by atoms with Gasteiger partial charge in [-0.2, -0.15) is 0 Å². The maximum atomic E-state index is 13.5. The molecule has 1 fully saturated rings. The van der Waals surface area contributed by atoms with Crippen LogP contribution in [0.4, 0.5) is 0 Å². The van der Waals surface area contributed by atoms with E-state index < -0.39 is 23.4 Å². The fourth-order valence-corrected chi connectivity index (χ4v) is 14.1. The third kappa shape index (κ3) is 6.51. The Bertz CT molecular complexity index is 1850. The van der Waals surface area contributed by atoms with Crippen molar-refractivity contribution < 1.29 is 22.7 Å². The Morgan fingerprint density at radius 1 is 0.894 bits per heavy atom. The molecule has 2 heterocycles. The summed E-state index contributed by atoms with van der Waals surface area (Å²) in [6, 6.07) is 32.6. The van der Waals surface area contributed by atoms with E-state index in [-0.39, 0.29) is 35.9 Å². The largest absolute Gasteiger partial charge is 0.507 e. The van der Waals surface area contributed by atoms with Gasteiger partial charge in [0.05, 0.1) is 25.1 Å². The Labute approximate surface area is 281 Å². The molecule has 6 rings (SSSR count). The second-order valence-electron chi connectivity index (χ2n) is 13.9. The fourth-order valence-electron chi connectivity index (χ4n) is 7.65. The molecule has 1 saturated heterocycles. The number of rotatable bonds is 11. The van der Waals surface area contributed by atoms with Gasteiger partial charge in [-0.05, 0) is 62.8 Å². The SMILES string of the molecule is CCC/C(=C\c1ccc(O)c2ccccc12)CC[C@H]1OC[C@H]2C1=C(CO[Si](c1ccccc1)(c1ccccc1)C(C)(C)C)CS2(=O)=O. The Morgan fingerprint density at radius 2 is 1.51 bits per heavy atom. The highest BCUT2D eigenvalue weighted by atomic mass is 32.2. The van der Waals surface area contributed by atoms with Gasteiger partial charge in [0.1, 0.15) is 11.0 Å². The van der Waals surface area contributed by atoms with Crippen LogP contribution >= 0.6 is 0 Å². The standard InChI is InChI=1S/C40H46O5SSi/c1-5-14-29(25-30-22-23-36(41)35-20-13-12-19-34(30)35)21-24-37-39-31(28-46(42,43)38(39)27-44-37)26-45-47(40(2,3)4,32-15-8-6-9-16-32)33-17-10-7-11-18-33/h6-13,15-20,22-23,25,37-38,41H,5,14,21,24,26-28H2,1-4H3/b29-25+/t37-,38+/m1/s1. The lowest BCUT2D eigenvalue weighted by Crippen LogP contribution is -2.66. The van der Waals surface area contributed by atoms with Crippen LogP contribution in [0.3, 0.4) is 0 Å². The van der Waals surface area contributed by atoms with Gasteiger partial charge in [0.25, 0.3) is 8.32 Å². The van der Waals surface area contributed by atoms with E-state index in [1.165, 1.54) is 15.9 Å². The summed E-state index contributed by atoms with van der Waals surface area (Å²) in [5, 5.41) is 13.8. The van der Waals surface area contributed by atoms with Crippen molar-refractivity contribution in [3.63, 3.8) is 0 Å². The van der Waals surface area contributed by atoms with Crippen LogP contribution in [0.1, 0.15) is 58.9 Å². The molecule has 2 aliphatic heterocycles. The second kappa shape index (κ2) is 13.6. The maximum Gasteiger partial charge on any atom is 0.261 e. The minimum atomic E-state index is -3.37. The van der Waals surface area contributed by atoms with E-state index >= 15 is 0 Å². The zero-order chi connectivity index (χ0) is 33.2. The molecule has 0 amide bonds. The lowest BCUT2D eigenvalue weighted by Gasteiger charge is -2.43. The van der Waals surface area contributed by atoms with Crippen molar-refractivity contribution in [3.05, 3.63) is 119 Å². The van der Waals surface area contributed by atoms with Gasteiger partial charge in [0, 0.05) is 5.39 Å². The predicted molar refractivity (Wildman–Crippen MR) is 196 cm³/mol. The minimum Gasteiger partial charge on any atom is -0.507 e. The van der Waals surface area contributed by atoms with Crippen LogP contribution in [0.25, 0.3) is 16.8 Å². The highest BCUT2D eigenvalue weighted by molar-refractivity contribution is 7.92. The van der Waals surface area contributed by atoms with E-state index in [9.17, 15) is 13.5 Å². The number of sulfone groups is 1. The molecule has 1 N–H and O–H groups in total. The first-order valence-corrected chi connectivity index (χ1v) is 20.4. The summed E-state index contributed by atoms with van der Waals surface area (Å²) in [6.07, 6.45) is 5.44. The van der Waals surface area contributed by atoms with E-state index in [1.807, 2.05) is 42.5 Å². The molecule has 4 aromatic carbocycles. The van der Waals surface area contributed by atoms with Crippen molar-refractivity contribution in [2.24, 2.45) is 0 Å². The molecular weight excluding hydrogens is 621 g/mol. The van der Waals surface area contributed by atoms with Crippen molar-refractivity contribution >= 4 is 45.4 Å². The molecule has 5 nitrogen and oxygen atoms in total. The summed E-state index contributed by atoms with van der Waals surface area (Å²) >= 11 is 0. The van der Waals surface area contributed by atoms with Crippen LogP contribution in [0.15, 0.2) is 114 Å². The number of phenols is 1. The number of fused-ring (bicyclic) bond motifs is 2. The lowest BCUT2D eigenvalue weighted by molar-refractivity contribution is 0.117. The molecule has 0 bridgehead atoms. The minimum absolute atomic E-state index is 0.0300. The molecule has 0 saturated carbocycles. The van der Waals surface area contributed by atoms with Crippen LogP contribution in [0, 0.1) is 0 Å². The molecule has 7 heteroatoms. The average Bonchev–Trinajstić information content (AvgIpc) is 3.61. The third-order valence-corrected chi connectivity index (χ3v) is 16.8. The van der Waals surface area contributed by atoms with Crippen LogP contribution in [0.5, 0.6) is 5.75 Å². The molecule has 4 aromatic rings. The van der Waals surface area contributed by atoms with Crippen molar-refractivity contribution in [2.45, 2.75) is 69.8 Å². The monoisotopic (exact) mass is 666 g/mol. The van der Waals surface area contributed by atoms with Gasteiger partial charge >= 0.3 is 0 Å². The first-order chi connectivity index (χ1) is 22.5. The van der Waals surface area contributed by atoms with Gasteiger partial charge in [-0.25, -0.2) is 8.42 Å². The molecule has 2 aliphatic rings. The Morgan fingerprint density at radius 3 is 2.13 bits per heavy atom. The molecule has 0 radical (unpaired) electrons. The summed E-state index contributed by atoms with van der Waals surface area (Å²) in [4.78, 5) is 0. The van der Waals surface area contributed by atoms with Crippen molar-refractivity contribution in [1.29, 1.82) is 0 Å². The molecule has 2 atom stereocenters. The number of hydrogen-bond acceptors (Lipinski definition) is 5. The van der Waals surface area contributed by atoms with Crippen LogP contribution < -0.4 is 10.4 Å². The van der Waals surface area contributed by atoms with Gasteiger partial charge < -0.3 is 14.3 Å². The molecule has 246 valence electrons. The van der Waals surface area contributed by atoms with Gasteiger partial charge in [-0.3, -0.25) is 0 Å².